The molecule has 2 N–H and O–H groups in total. The van der Waals surface area contributed by atoms with Crippen LogP contribution in [0.25, 0.3) is 0 Å². The molecule has 1 heterocycles. The van der Waals surface area contributed by atoms with Gasteiger partial charge >= 0.3 is 6.98 Å². The van der Waals surface area contributed by atoms with Gasteiger partial charge in [-0.05, 0) is 6.07 Å². The smallest absolute Gasteiger partial charge is 0.445 e. The summed E-state index contributed by atoms with van der Waals surface area (Å²) in [6.45, 7) is -5.06. The van der Waals surface area contributed by atoms with Gasteiger partial charge in [0.15, 0.2) is 0 Å². The minimum Gasteiger partial charge on any atom is -0.445 e. The van der Waals surface area contributed by atoms with Crippen LogP contribution in [0, 0.1) is 0 Å². The number of carbonyl (C=O) groups excluding carboxylic acids is 1. The number of hydrogen-bond donors (Lipinski definition) is 1. The van der Waals surface area contributed by atoms with E-state index in [4.69, 9.17) is 5.73 Å². The molecule has 3 nitrogen and oxygen atoms in total. The molecule has 13 heavy (non-hydrogen) atoms. The number of primary amides is 1. The van der Waals surface area contributed by atoms with Crippen molar-refractivity contribution < 1.29 is 17.7 Å². The molecular formula is C6H5BF3N2O-. The highest BCUT2D eigenvalue weighted by molar-refractivity contribution is 6.73. The fraction of sp³-hybridized carbons (Fsp3) is 0. The summed E-state index contributed by atoms with van der Waals surface area (Å²) >= 11 is 0. The molecule has 7 heteroatoms. The van der Waals surface area contributed by atoms with Crippen LogP contribution in [0.15, 0.2) is 18.3 Å². The Morgan fingerprint density at radius 3 is 2.31 bits per heavy atom. The predicted octanol–water partition coefficient (Wildman–Crippen LogP) is 0.235. The number of rotatable bonds is 2. The Hall–Kier alpha value is -1.53. The first-order chi connectivity index (χ1) is 5.91. The Balaban J connectivity index is 3.01. The molecule has 0 bridgehead atoms. The van der Waals surface area contributed by atoms with Gasteiger partial charge in [0, 0.05) is 6.20 Å². The maximum Gasteiger partial charge on any atom is 0.511 e. The van der Waals surface area contributed by atoms with Gasteiger partial charge in [-0.1, -0.05) is 11.5 Å². The molecule has 1 aromatic rings. The van der Waals surface area contributed by atoms with Gasteiger partial charge in [-0.15, -0.1) is 0 Å². The molecule has 0 aromatic carbocycles. The first-order valence-electron chi connectivity index (χ1n) is 3.37. The van der Waals surface area contributed by atoms with Crippen LogP contribution in [-0.2, 0) is 0 Å². The van der Waals surface area contributed by atoms with E-state index in [1.54, 1.807) is 0 Å². The van der Waals surface area contributed by atoms with E-state index in [1.807, 2.05) is 0 Å². The van der Waals surface area contributed by atoms with Crippen LogP contribution in [0.4, 0.5) is 12.9 Å². The molecule has 0 radical (unpaired) electrons. The van der Waals surface area contributed by atoms with E-state index in [0.717, 1.165) is 12.1 Å². The summed E-state index contributed by atoms with van der Waals surface area (Å²) < 4.78 is 36.1. The van der Waals surface area contributed by atoms with Crippen molar-refractivity contribution in [1.29, 1.82) is 0 Å². The van der Waals surface area contributed by atoms with E-state index in [9.17, 15) is 17.7 Å². The predicted molar refractivity (Wildman–Crippen MR) is 41.5 cm³/mol. The Labute approximate surface area is 71.8 Å². The van der Waals surface area contributed by atoms with Gasteiger partial charge in [0.1, 0.15) is 5.69 Å². The van der Waals surface area contributed by atoms with Crippen LogP contribution in [-0.4, -0.2) is 17.9 Å². The lowest BCUT2D eigenvalue weighted by molar-refractivity contribution is 0.0995. The maximum absolute atomic E-state index is 12.0. The van der Waals surface area contributed by atoms with E-state index in [-0.39, 0.29) is 5.69 Å². The summed E-state index contributed by atoms with van der Waals surface area (Å²) in [7, 11) is 0. The van der Waals surface area contributed by atoms with Crippen molar-refractivity contribution >= 4 is 18.3 Å². The first-order valence-corrected chi connectivity index (χ1v) is 3.37. The summed E-state index contributed by atoms with van der Waals surface area (Å²) in [4.78, 5) is 13.7. The van der Waals surface area contributed by atoms with Crippen molar-refractivity contribution in [3.63, 3.8) is 0 Å². The number of nitrogens with two attached hydrogens (primary N) is 1. The monoisotopic (exact) mass is 189 g/mol. The molecular weight excluding hydrogens is 184 g/mol. The zero-order chi connectivity index (χ0) is 10.1. The van der Waals surface area contributed by atoms with Crippen molar-refractivity contribution in [2.75, 3.05) is 0 Å². The molecule has 70 valence electrons. The highest BCUT2D eigenvalue weighted by Crippen LogP contribution is 2.07. The second kappa shape index (κ2) is 3.08. The number of pyridine rings is 1. The third-order valence-electron chi connectivity index (χ3n) is 1.42. The average molecular weight is 189 g/mol. The molecule has 0 aliphatic heterocycles. The van der Waals surface area contributed by atoms with Crippen molar-refractivity contribution in [3.05, 3.63) is 24.0 Å². The minimum atomic E-state index is -5.06. The Morgan fingerprint density at radius 1 is 1.38 bits per heavy atom. The summed E-state index contributed by atoms with van der Waals surface area (Å²) in [6, 6.07) is 1.74. The van der Waals surface area contributed by atoms with E-state index < -0.39 is 18.3 Å². The number of carbonyl (C=O) groups is 1. The van der Waals surface area contributed by atoms with Crippen LogP contribution >= 0.6 is 0 Å². The minimum absolute atomic E-state index is 0.177. The normalized spacial score (nSPS) is 11.3. The van der Waals surface area contributed by atoms with Gasteiger partial charge in [-0.2, -0.15) is 0 Å². The summed E-state index contributed by atoms with van der Waals surface area (Å²) in [5.74, 6) is -0.846. The molecule has 0 unspecified atom stereocenters. The molecule has 0 atom stereocenters. The molecule has 0 saturated carbocycles. The summed E-state index contributed by atoms with van der Waals surface area (Å²) in [5, 5.41) is 0. The standard InChI is InChI=1S/C6H5BF3N2O/c8-7(9,10)4-1-2-5(6(11)13)12-3-4/h1-3H,(H2,11,13)/q-1. The van der Waals surface area contributed by atoms with Crippen LogP contribution in [0.5, 0.6) is 0 Å². The Morgan fingerprint density at radius 2 is 2.00 bits per heavy atom. The second-order valence-electron chi connectivity index (χ2n) is 2.42. The van der Waals surface area contributed by atoms with Crippen LogP contribution in [0.3, 0.4) is 0 Å². The maximum atomic E-state index is 12.0. The average Bonchev–Trinajstić information content (AvgIpc) is 2.03. The van der Waals surface area contributed by atoms with E-state index in [2.05, 4.69) is 4.98 Å². The van der Waals surface area contributed by atoms with Crippen LogP contribution in [0.1, 0.15) is 10.5 Å². The topological polar surface area (TPSA) is 56.0 Å². The van der Waals surface area contributed by atoms with Gasteiger partial charge in [0.05, 0.1) is 0 Å². The molecule has 1 rings (SSSR count). The molecule has 0 spiro atoms. The third kappa shape index (κ3) is 2.20. The van der Waals surface area contributed by atoms with Crippen molar-refractivity contribution in [1.82, 2.24) is 4.98 Å². The van der Waals surface area contributed by atoms with Gasteiger partial charge < -0.3 is 18.7 Å². The molecule has 1 aromatic heterocycles. The lowest BCUT2D eigenvalue weighted by atomic mass is 9.81. The van der Waals surface area contributed by atoms with Crippen molar-refractivity contribution in [2.24, 2.45) is 5.73 Å². The lowest BCUT2D eigenvalue weighted by Gasteiger charge is -2.13. The SMILES string of the molecule is NC(=O)c1ccc([B-](F)(F)F)cn1. The van der Waals surface area contributed by atoms with Gasteiger partial charge in [-0.3, -0.25) is 9.78 Å². The lowest BCUT2D eigenvalue weighted by Crippen LogP contribution is -2.34. The fourth-order valence-corrected chi connectivity index (χ4v) is 0.745. The number of aromatic nitrogens is 1. The number of amides is 1. The molecule has 0 saturated heterocycles. The first kappa shape index (κ1) is 9.56. The van der Waals surface area contributed by atoms with E-state index >= 15 is 0 Å². The molecule has 0 fully saturated rings. The van der Waals surface area contributed by atoms with Gasteiger partial charge in [-0.25, -0.2) is 0 Å². The van der Waals surface area contributed by atoms with Gasteiger partial charge in [0.2, 0.25) is 0 Å². The molecule has 0 aliphatic carbocycles. The third-order valence-corrected chi connectivity index (χ3v) is 1.42. The zero-order valence-corrected chi connectivity index (χ0v) is 6.38. The van der Waals surface area contributed by atoms with Crippen LogP contribution < -0.4 is 11.2 Å². The Bertz CT molecular complexity index is 322. The van der Waals surface area contributed by atoms with Gasteiger partial charge in [0.25, 0.3) is 5.91 Å². The Kier molecular flexibility index (Phi) is 2.27. The summed E-state index contributed by atoms with van der Waals surface area (Å²) in [6.07, 6.45) is 0.597. The van der Waals surface area contributed by atoms with Crippen molar-refractivity contribution in [2.45, 2.75) is 0 Å². The highest BCUT2D eigenvalue weighted by Gasteiger charge is 2.25. The number of nitrogens with zero attached hydrogens (tertiary/aromatic N) is 1. The zero-order valence-electron chi connectivity index (χ0n) is 6.38. The van der Waals surface area contributed by atoms with Crippen LogP contribution in [0.2, 0.25) is 0 Å². The number of hydrogen-bond acceptors (Lipinski definition) is 2. The highest BCUT2D eigenvalue weighted by atomic mass is 19.4. The largest absolute Gasteiger partial charge is 0.511 e. The van der Waals surface area contributed by atoms with Crippen molar-refractivity contribution in [3.8, 4) is 0 Å². The van der Waals surface area contributed by atoms with E-state index in [0.29, 0.717) is 6.20 Å². The van der Waals surface area contributed by atoms with E-state index in [1.165, 1.54) is 0 Å². The quantitative estimate of drug-likeness (QED) is 0.677. The number of halogens is 3. The second-order valence-corrected chi connectivity index (χ2v) is 2.42. The molecule has 1 amide bonds. The fourth-order valence-electron chi connectivity index (χ4n) is 0.745. The molecule has 0 aliphatic rings. The summed E-state index contributed by atoms with van der Waals surface area (Å²) in [5.41, 5.74) is 3.78.